The number of rotatable bonds is 0. The lowest BCUT2D eigenvalue weighted by atomic mass is 9.82. The van der Waals surface area contributed by atoms with Gasteiger partial charge in [-0.05, 0) is 35.4 Å². The van der Waals surface area contributed by atoms with Crippen LogP contribution in [0.1, 0.15) is 37.4 Å². The van der Waals surface area contributed by atoms with Crippen molar-refractivity contribution in [3.63, 3.8) is 0 Å². The summed E-state index contributed by atoms with van der Waals surface area (Å²) in [6.45, 7) is 2.01. The molecular weight excluding hydrogens is 296 g/mol. The zero-order chi connectivity index (χ0) is 14.6. The predicted octanol–water partition coefficient (Wildman–Crippen LogP) is 4.35. The van der Waals surface area contributed by atoms with Gasteiger partial charge in [0.2, 0.25) is 0 Å². The molecule has 3 aromatic rings. The quantitative estimate of drug-likeness (QED) is 0.484. The average molecular weight is 309 g/mol. The van der Waals surface area contributed by atoms with E-state index in [-0.39, 0.29) is 24.0 Å². The second-order valence-electron chi connectivity index (χ2n) is 5.40. The van der Waals surface area contributed by atoms with Gasteiger partial charge in [0.15, 0.2) is 11.6 Å². The van der Waals surface area contributed by atoms with Crippen molar-refractivity contribution in [2.45, 2.75) is 6.92 Å². The fourth-order valence-electron chi connectivity index (χ4n) is 3.03. The number of halogens is 1. The number of benzene rings is 3. The molecule has 0 amide bonds. The third kappa shape index (κ3) is 1.88. The van der Waals surface area contributed by atoms with Gasteiger partial charge in [-0.2, -0.15) is 0 Å². The van der Waals surface area contributed by atoms with E-state index < -0.39 is 0 Å². The largest absolute Gasteiger partial charge is 0.289 e. The summed E-state index contributed by atoms with van der Waals surface area (Å²) in [5.41, 5.74) is 3.14. The molecule has 1 aliphatic carbocycles. The average Bonchev–Trinajstić information content (AvgIpc) is 2.52. The van der Waals surface area contributed by atoms with Crippen LogP contribution in [0.2, 0.25) is 0 Å². The molecule has 0 saturated heterocycles. The second-order valence-corrected chi connectivity index (χ2v) is 5.40. The summed E-state index contributed by atoms with van der Waals surface area (Å²) in [5, 5.41) is 2.02. The van der Waals surface area contributed by atoms with Gasteiger partial charge in [0.05, 0.1) is 0 Å². The standard InChI is InChI=1S/C19H12O2.ClH/c1-11-5-4-6-12-9-16-17(10-15(11)12)19(21)14-8-3-2-7-13(14)18(16)20;/h2-10H,1H3;1H. The molecule has 3 aromatic carbocycles. The van der Waals surface area contributed by atoms with Crippen LogP contribution in [0.15, 0.2) is 54.6 Å². The molecule has 0 fully saturated rings. The Kier molecular flexibility index (Phi) is 3.34. The molecule has 0 saturated carbocycles. The summed E-state index contributed by atoms with van der Waals surface area (Å²) in [7, 11) is 0. The Hall–Kier alpha value is -2.45. The minimum absolute atomic E-state index is 0. The van der Waals surface area contributed by atoms with Crippen molar-refractivity contribution < 1.29 is 9.59 Å². The topological polar surface area (TPSA) is 34.1 Å². The summed E-state index contributed by atoms with van der Waals surface area (Å²) >= 11 is 0. The van der Waals surface area contributed by atoms with Crippen molar-refractivity contribution in [2.24, 2.45) is 0 Å². The Morgan fingerprint density at radius 3 is 1.91 bits per heavy atom. The lowest BCUT2D eigenvalue weighted by molar-refractivity contribution is 0.0979. The molecule has 0 aromatic heterocycles. The van der Waals surface area contributed by atoms with Crippen LogP contribution >= 0.6 is 12.4 Å². The molecule has 3 heteroatoms. The van der Waals surface area contributed by atoms with Crippen LogP contribution in [0.5, 0.6) is 0 Å². The number of ketones is 2. The minimum atomic E-state index is -0.0661. The van der Waals surface area contributed by atoms with E-state index in [1.807, 2.05) is 37.3 Å². The van der Waals surface area contributed by atoms with Gasteiger partial charge < -0.3 is 0 Å². The summed E-state index contributed by atoms with van der Waals surface area (Å²) < 4.78 is 0. The SMILES string of the molecule is Cc1cccc2cc3c(cc12)C(=O)c1ccccc1C3=O.Cl. The van der Waals surface area contributed by atoms with Gasteiger partial charge in [-0.1, -0.05) is 42.5 Å². The van der Waals surface area contributed by atoms with E-state index in [1.165, 1.54) is 0 Å². The van der Waals surface area contributed by atoms with E-state index in [1.54, 1.807) is 24.3 Å². The predicted molar refractivity (Wildman–Crippen MR) is 89.2 cm³/mol. The van der Waals surface area contributed by atoms with Gasteiger partial charge in [0.1, 0.15) is 0 Å². The number of hydrogen-bond donors (Lipinski definition) is 0. The molecule has 0 aliphatic heterocycles. The summed E-state index contributed by atoms with van der Waals surface area (Å²) in [4.78, 5) is 25.3. The number of carbonyl (C=O) groups excluding carboxylic acids is 2. The third-order valence-electron chi connectivity index (χ3n) is 4.14. The first-order valence-corrected chi connectivity index (χ1v) is 6.88. The van der Waals surface area contributed by atoms with Gasteiger partial charge in [-0.25, -0.2) is 0 Å². The van der Waals surface area contributed by atoms with E-state index in [2.05, 4.69) is 0 Å². The van der Waals surface area contributed by atoms with E-state index in [9.17, 15) is 9.59 Å². The van der Waals surface area contributed by atoms with E-state index in [0.29, 0.717) is 22.3 Å². The third-order valence-corrected chi connectivity index (χ3v) is 4.14. The normalized spacial score (nSPS) is 12.6. The number of hydrogen-bond acceptors (Lipinski definition) is 2. The molecule has 0 N–H and O–H groups in total. The molecule has 4 rings (SSSR count). The molecular formula is C19H13ClO2. The molecule has 1 aliphatic rings. The highest BCUT2D eigenvalue weighted by Gasteiger charge is 2.29. The molecule has 0 atom stereocenters. The fraction of sp³-hybridized carbons (Fsp3) is 0.0526. The minimum Gasteiger partial charge on any atom is -0.289 e. The lowest BCUT2D eigenvalue weighted by Crippen LogP contribution is -2.20. The molecule has 0 unspecified atom stereocenters. The summed E-state index contributed by atoms with van der Waals surface area (Å²) in [6, 6.07) is 16.7. The maximum atomic E-state index is 12.7. The van der Waals surface area contributed by atoms with E-state index in [0.717, 1.165) is 16.3 Å². The van der Waals surface area contributed by atoms with Gasteiger partial charge in [-0.3, -0.25) is 9.59 Å². The number of aryl methyl sites for hydroxylation is 1. The number of fused-ring (bicyclic) bond motifs is 3. The fourth-order valence-corrected chi connectivity index (χ4v) is 3.03. The van der Waals surface area contributed by atoms with Crippen molar-refractivity contribution in [1.29, 1.82) is 0 Å². The second kappa shape index (κ2) is 5.08. The lowest BCUT2D eigenvalue weighted by Gasteiger charge is -2.18. The van der Waals surface area contributed by atoms with Crippen molar-refractivity contribution in [1.82, 2.24) is 0 Å². The van der Waals surface area contributed by atoms with Crippen LogP contribution < -0.4 is 0 Å². The van der Waals surface area contributed by atoms with Crippen LogP contribution in [0.4, 0.5) is 0 Å². The van der Waals surface area contributed by atoms with Gasteiger partial charge in [0, 0.05) is 22.3 Å². The maximum Gasteiger partial charge on any atom is 0.194 e. The Morgan fingerprint density at radius 2 is 1.27 bits per heavy atom. The van der Waals surface area contributed by atoms with Gasteiger partial charge in [0.25, 0.3) is 0 Å². The molecule has 2 nitrogen and oxygen atoms in total. The van der Waals surface area contributed by atoms with Crippen molar-refractivity contribution >= 4 is 34.7 Å². The molecule has 22 heavy (non-hydrogen) atoms. The first kappa shape index (κ1) is 14.5. The summed E-state index contributed by atoms with van der Waals surface area (Å²) in [5.74, 6) is -0.131. The van der Waals surface area contributed by atoms with Crippen molar-refractivity contribution in [2.75, 3.05) is 0 Å². The van der Waals surface area contributed by atoms with E-state index >= 15 is 0 Å². The molecule has 0 radical (unpaired) electrons. The van der Waals surface area contributed by atoms with Gasteiger partial charge in [-0.15, -0.1) is 12.4 Å². The molecule has 108 valence electrons. The molecule has 0 heterocycles. The van der Waals surface area contributed by atoms with Crippen LogP contribution in [0.25, 0.3) is 10.8 Å². The smallest absolute Gasteiger partial charge is 0.194 e. The Bertz CT molecular complexity index is 941. The monoisotopic (exact) mass is 308 g/mol. The summed E-state index contributed by atoms with van der Waals surface area (Å²) in [6.07, 6.45) is 0. The Morgan fingerprint density at radius 1 is 0.682 bits per heavy atom. The highest BCUT2D eigenvalue weighted by atomic mass is 35.5. The first-order chi connectivity index (χ1) is 10.2. The van der Waals surface area contributed by atoms with Crippen LogP contribution in [-0.2, 0) is 0 Å². The van der Waals surface area contributed by atoms with Crippen molar-refractivity contribution in [3.05, 3.63) is 82.4 Å². The highest BCUT2D eigenvalue weighted by Crippen LogP contribution is 2.31. The maximum absolute atomic E-state index is 12.7. The van der Waals surface area contributed by atoms with Gasteiger partial charge >= 0.3 is 0 Å². The zero-order valence-electron chi connectivity index (χ0n) is 11.9. The van der Waals surface area contributed by atoms with Crippen LogP contribution in [0, 0.1) is 6.92 Å². The molecule has 0 spiro atoms. The van der Waals surface area contributed by atoms with Crippen LogP contribution in [0.3, 0.4) is 0 Å². The van der Waals surface area contributed by atoms with Crippen LogP contribution in [-0.4, -0.2) is 11.6 Å². The zero-order valence-corrected chi connectivity index (χ0v) is 12.7. The number of carbonyl (C=O) groups is 2. The Labute approximate surface area is 134 Å². The first-order valence-electron chi connectivity index (χ1n) is 6.88. The highest BCUT2D eigenvalue weighted by molar-refractivity contribution is 6.29. The van der Waals surface area contributed by atoms with E-state index in [4.69, 9.17) is 0 Å². The molecule has 0 bridgehead atoms. The Balaban J connectivity index is 0.00000144. The van der Waals surface area contributed by atoms with Crippen molar-refractivity contribution in [3.8, 4) is 0 Å².